The van der Waals surface area contributed by atoms with Gasteiger partial charge in [-0.2, -0.15) is 0 Å². The molecule has 1 aliphatic heterocycles. The van der Waals surface area contributed by atoms with Gasteiger partial charge in [-0.25, -0.2) is 0 Å². The van der Waals surface area contributed by atoms with Crippen LogP contribution in [0.5, 0.6) is 0 Å². The molecule has 0 saturated carbocycles. The standard InChI is InChI=1S/C23H26N2/c1-6-16-14-18-17-10-8-9-11-19(17)23(3,4)20(18)15-21(16)25-13-12-24(5)22(25)7-2/h6,8-15,22H,1,7H2,2-5H3. The van der Waals surface area contributed by atoms with Crippen molar-refractivity contribution < 1.29 is 0 Å². The molecule has 0 aromatic heterocycles. The van der Waals surface area contributed by atoms with Crippen LogP contribution in [-0.2, 0) is 5.41 Å². The van der Waals surface area contributed by atoms with Crippen LogP contribution in [0.15, 0.2) is 55.4 Å². The van der Waals surface area contributed by atoms with Gasteiger partial charge in [-0.3, -0.25) is 0 Å². The Kier molecular flexibility index (Phi) is 3.54. The van der Waals surface area contributed by atoms with Crippen molar-refractivity contribution in [1.29, 1.82) is 0 Å². The first-order valence-corrected chi connectivity index (χ1v) is 9.08. The van der Waals surface area contributed by atoms with Crippen molar-refractivity contribution in [2.75, 3.05) is 11.9 Å². The summed E-state index contributed by atoms with van der Waals surface area (Å²) in [6.07, 6.45) is 7.78. The van der Waals surface area contributed by atoms with E-state index >= 15 is 0 Å². The third kappa shape index (κ3) is 2.17. The van der Waals surface area contributed by atoms with Crippen molar-refractivity contribution in [2.24, 2.45) is 0 Å². The van der Waals surface area contributed by atoms with E-state index in [1.807, 2.05) is 6.08 Å². The van der Waals surface area contributed by atoms with Gasteiger partial charge in [-0.15, -0.1) is 0 Å². The van der Waals surface area contributed by atoms with Crippen LogP contribution in [0, 0.1) is 0 Å². The lowest BCUT2D eigenvalue weighted by atomic mass is 9.82. The summed E-state index contributed by atoms with van der Waals surface area (Å²) in [7, 11) is 2.14. The molecular weight excluding hydrogens is 304 g/mol. The number of anilines is 1. The van der Waals surface area contributed by atoms with Gasteiger partial charge in [-0.05, 0) is 46.4 Å². The molecule has 128 valence electrons. The van der Waals surface area contributed by atoms with E-state index in [-0.39, 0.29) is 5.41 Å². The summed E-state index contributed by atoms with van der Waals surface area (Å²) in [4.78, 5) is 4.66. The Bertz CT molecular complexity index is 876. The molecule has 25 heavy (non-hydrogen) atoms. The maximum Gasteiger partial charge on any atom is 0.105 e. The number of hydrogen-bond donors (Lipinski definition) is 0. The van der Waals surface area contributed by atoms with E-state index in [0.717, 1.165) is 6.42 Å². The molecule has 2 aliphatic rings. The Labute approximate surface area is 151 Å². The van der Waals surface area contributed by atoms with Gasteiger partial charge in [0.15, 0.2) is 0 Å². The van der Waals surface area contributed by atoms with Gasteiger partial charge in [0.2, 0.25) is 0 Å². The van der Waals surface area contributed by atoms with Crippen molar-refractivity contribution in [3.05, 3.63) is 72.1 Å². The van der Waals surface area contributed by atoms with E-state index in [9.17, 15) is 0 Å². The second kappa shape index (κ2) is 5.52. The summed E-state index contributed by atoms with van der Waals surface area (Å²) in [6.45, 7) is 11.0. The highest BCUT2D eigenvalue weighted by Gasteiger charge is 2.37. The van der Waals surface area contributed by atoms with E-state index in [0.29, 0.717) is 6.17 Å². The number of nitrogens with zero attached hydrogens (tertiary/aromatic N) is 2. The van der Waals surface area contributed by atoms with Crippen LogP contribution in [0.3, 0.4) is 0 Å². The first-order chi connectivity index (χ1) is 12.0. The maximum absolute atomic E-state index is 4.09. The molecule has 1 aliphatic carbocycles. The smallest absolute Gasteiger partial charge is 0.105 e. The molecule has 1 unspecified atom stereocenters. The SMILES string of the molecule is C=Cc1cc2c(cc1N1C=CN(C)C1CC)C(C)(C)c1ccccc1-2. The van der Waals surface area contributed by atoms with Crippen molar-refractivity contribution in [3.8, 4) is 11.1 Å². The number of fused-ring (bicyclic) bond motifs is 3. The molecule has 1 atom stereocenters. The van der Waals surface area contributed by atoms with E-state index in [1.54, 1.807) is 0 Å². The summed E-state index contributed by atoms with van der Waals surface area (Å²) in [5.41, 5.74) is 8.01. The molecule has 0 N–H and O–H groups in total. The van der Waals surface area contributed by atoms with Crippen molar-refractivity contribution >= 4 is 11.8 Å². The van der Waals surface area contributed by atoms with Crippen LogP contribution >= 0.6 is 0 Å². The molecule has 0 bridgehead atoms. The zero-order valence-corrected chi connectivity index (χ0v) is 15.6. The first kappa shape index (κ1) is 16.0. The summed E-state index contributed by atoms with van der Waals surface area (Å²) in [5.74, 6) is 0. The summed E-state index contributed by atoms with van der Waals surface area (Å²) < 4.78 is 0. The highest BCUT2D eigenvalue weighted by molar-refractivity contribution is 5.86. The predicted octanol–water partition coefficient (Wildman–Crippen LogP) is 5.60. The van der Waals surface area contributed by atoms with E-state index < -0.39 is 0 Å². The highest BCUT2D eigenvalue weighted by Crippen LogP contribution is 2.50. The molecule has 2 aromatic carbocycles. The number of rotatable bonds is 3. The van der Waals surface area contributed by atoms with Gasteiger partial charge in [0, 0.05) is 24.9 Å². The molecule has 4 rings (SSSR count). The molecule has 0 amide bonds. The Morgan fingerprint density at radius 3 is 2.56 bits per heavy atom. The maximum atomic E-state index is 4.09. The normalized spacial score (nSPS) is 19.9. The average molecular weight is 330 g/mol. The predicted molar refractivity (Wildman–Crippen MR) is 108 cm³/mol. The van der Waals surface area contributed by atoms with Crippen molar-refractivity contribution in [2.45, 2.75) is 38.8 Å². The van der Waals surface area contributed by atoms with Gasteiger partial charge in [-0.1, -0.05) is 57.7 Å². The molecule has 0 saturated heterocycles. The molecule has 2 nitrogen and oxygen atoms in total. The van der Waals surface area contributed by atoms with E-state index in [1.165, 1.54) is 33.5 Å². The molecule has 2 aromatic rings. The Balaban J connectivity index is 1.92. The minimum atomic E-state index is 0.0252. The minimum absolute atomic E-state index is 0.0252. The van der Waals surface area contributed by atoms with Crippen LogP contribution < -0.4 is 4.90 Å². The van der Waals surface area contributed by atoms with Gasteiger partial charge >= 0.3 is 0 Å². The molecule has 0 radical (unpaired) electrons. The highest BCUT2D eigenvalue weighted by atomic mass is 15.4. The third-order valence-corrected chi connectivity index (χ3v) is 5.85. The summed E-state index contributed by atoms with van der Waals surface area (Å²) >= 11 is 0. The summed E-state index contributed by atoms with van der Waals surface area (Å²) in [5, 5.41) is 0. The second-order valence-corrected chi connectivity index (χ2v) is 7.59. The zero-order chi connectivity index (χ0) is 17.8. The molecular formula is C23H26N2. The van der Waals surface area contributed by atoms with Gasteiger partial charge in [0.1, 0.15) is 6.17 Å². The zero-order valence-electron chi connectivity index (χ0n) is 15.6. The van der Waals surface area contributed by atoms with Crippen LogP contribution in [0.25, 0.3) is 17.2 Å². The van der Waals surface area contributed by atoms with E-state index in [2.05, 4.69) is 93.0 Å². The van der Waals surface area contributed by atoms with E-state index in [4.69, 9.17) is 0 Å². The molecule has 0 fully saturated rings. The lowest BCUT2D eigenvalue weighted by Crippen LogP contribution is -2.36. The fourth-order valence-corrected chi connectivity index (χ4v) is 4.44. The third-order valence-electron chi connectivity index (χ3n) is 5.85. The largest absolute Gasteiger partial charge is 0.359 e. The quantitative estimate of drug-likeness (QED) is 0.723. The first-order valence-electron chi connectivity index (χ1n) is 9.08. The fraction of sp³-hybridized carbons (Fsp3) is 0.304. The topological polar surface area (TPSA) is 6.48 Å². The minimum Gasteiger partial charge on any atom is -0.359 e. The van der Waals surface area contributed by atoms with Crippen molar-refractivity contribution in [1.82, 2.24) is 4.90 Å². The average Bonchev–Trinajstić information content (AvgIpc) is 3.10. The number of benzene rings is 2. The van der Waals surface area contributed by atoms with Crippen LogP contribution in [0.1, 0.15) is 43.9 Å². The lowest BCUT2D eigenvalue weighted by molar-refractivity contribution is 0.349. The molecule has 0 spiro atoms. The lowest BCUT2D eigenvalue weighted by Gasteiger charge is -2.32. The van der Waals surface area contributed by atoms with Crippen LogP contribution in [0.4, 0.5) is 5.69 Å². The summed E-state index contributed by atoms with van der Waals surface area (Å²) in [6, 6.07) is 13.5. The monoisotopic (exact) mass is 330 g/mol. The Hall–Kier alpha value is -2.48. The molecule has 2 heteroatoms. The number of hydrogen-bond acceptors (Lipinski definition) is 2. The van der Waals surface area contributed by atoms with Crippen molar-refractivity contribution in [3.63, 3.8) is 0 Å². The van der Waals surface area contributed by atoms with Gasteiger partial charge < -0.3 is 9.80 Å². The fourth-order valence-electron chi connectivity index (χ4n) is 4.44. The van der Waals surface area contributed by atoms with Gasteiger partial charge in [0.25, 0.3) is 0 Å². The second-order valence-electron chi connectivity index (χ2n) is 7.59. The van der Waals surface area contributed by atoms with Gasteiger partial charge in [0.05, 0.1) is 5.69 Å². The van der Waals surface area contributed by atoms with Crippen LogP contribution in [-0.4, -0.2) is 18.1 Å². The Morgan fingerprint density at radius 1 is 1.08 bits per heavy atom. The van der Waals surface area contributed by atoms with Crippen LogP contribution in [0.2, 0.25) is 0 Å². The Morgan fingerprint density at radius 2 is 1.84 bits per heavy atom. The molecule has 1 heterocycles.